The molecule has 3 heterocycles. The second-order valence-electron chi connectivity index (χ2n) is 7.49. The predicted octanol–water partition coefficient (Wildman–Crippen LogP) is 2.47. The van der Waals surface area contributed by atoms with Gasteiger partial charge in [0.15, 0.2) is 5.82 Å². The molecule has 0 saturated carbocycles. The highest BCUT2D eigenvalue weighted by molar-refractivity contribution is 5.89. The van der Waals surface area contributed by atoms with Crippen LogP contribution in [0.15, 0.2) is 24.3 Å². The van der Waals surface area contributed by atoms with E-state index in [-0.39, 0.29) is 14.9 Å². The molecule has 0 aliphatic carbocycles. The smallest absolute Gasteiger partial charge is 0.319 e. The SMILES string of the molecule is CCNC(=O)Nc1ccc(-c2nc3c(c(N4CCOC[C@@H]4C)n2)CN(C=O)C3)cc1.[HH].[HH]. The third-order valence-electron chi connectivity index (χ3n) is 5.31. The molecule has 2 N–H and O–H groups in total. The van der Waals surface area contributed by atoms with Crippen molar-refractivity contribution in [3.8, 4) is 11.4 Å². The van der Waals surface area contributed by atoms with E-state index in [0.29, 0.717) is 44.4 Å². The molecule has 0 bridgehead atoms. The lowest BCUT2D eigenvalue weighted by Gasteiger charge is -2.35. The van der Waals surface area contributed by atoms with E-state index in [9.17, 15) is 9.59 Å². The number of anilines is 2. The number of aromatic nitrogens is 2. The number of amides is 3. The molecule has 162 valence electrons. The first-order valence-corrected chi connectivity index (χ1v) is 10.2. The number of nitrogens with zero attached hydrogens (tertiary/aromatic N) is 4. The van der Waals surface area contributed by atoms with Crippen molar-refractivity contribution >= 4 is 23.9 Å². The van der Waals surface area contributed by atoms with Crippen LogP contribution in [0.1, 0.15) is 28.0 Å². The normalized spacial score (nSPS) is 18.1. The summed E-state index contributed by atoms with van der Waals surface area (Å²) in [6.45, 7) is 7.59. The summed E-state index contributed by atoms with van der Waals surface area (Å²) < 4.78 is 5.58. The van der Waals surface area contributed by atoms with E-state index < -0.39 is 0 Å². The number of nitrogens with one attached hydrogen (secondary N) is 2. The number of benzene rings is 1. The summed E-state index contributed by atoms with van der Waals surface area (Å²) in [5.41, 5.74) is 3.44. The minimum atomic E-state index is -0.239. The number of hydrogen-bond donors (Lipinski definition) is 2. The number of rotatable bonds is 5. The largest absolute Gasteiger partial charge is 0.377 e. The van der Waals surface area contributed by atoms with Crippen molar-refractivity contribution in [3.05, 3.63) is 35.5 Å². The maximum Gasteiger partial charge on any atom is 0.319 e. The van der Waals surface area contributed by atoms with Gasteiger partial charge in [-0.2, -0.15) is 0 Å². The predicted molar refractivity (Wildman–Crippen MR) is 117 cm³/mol. The molecule has 30 heavy (non-hydrogen) atoms. The fourth-order valence-corrected chi connectivity index (χ4v) is 3.78. The molecule has 1 fully saturated rings. The van der Waals surface area contributed by atoms with Crippen molar-refractivity contribution in [2.24, 2.45) is 0 Å². The Balaban J connectivity index is 0.00000181. The molecule has 0 spiro atoms. The average Bonchev–Trinajstić information content (AvgIpc) is 3.18. The molecule has 1 saturated heterocycles. The first kappa shape index (κ1) is 20.1. The van der Waals surface area contributed by atoms with E-state index in [1.54, 1.807) is 4.90 Å². The van der Waals surface area contributed by atoms with Crippen LogP contribution in [-0.2, 0) is 22.6 Å². The van der Waals surface area contributed by atoms with Crippen LogP contribution in [0.5, 0.6) is 0 Å². The molecule has 2 aliphatic heterocycles. The molecule has 3 amide bonds. The van der Waals surface area contributed by atoms with Crippen LogP contribution >= 0.6 is 0 Å². The number of carbonyl (C=O) groups is 2. The van der Waals surface area contributed by atoms with Gasteiger partial charge in [-0.25, -0.2) is 14.8 Å². The number of morpholine rings is 1. The molecule has 2 aromatic rings. The van der Waals surface area contributed by atoms with E-state index in [1.165, 1.54) is 0 Å². The van der Waals surface area contributed by atoms with Crippen LogP contribution in [0.25, 0.3) is 11.4 Å². The molecular weight excluding hydrogens is 384 g/mol. The van der Waals surface area contributed by atoms with E-state index in [4.69, 9.17) is 14.7 Å². The van der Waals surface area contributed by atoms with Crippen LogP contribution in [-0.4, -0.2) is 59.7 Å². The Morgan fingerprint density at radius 3 is 2.80 bits per heavy atom. The van der Waals surface area contributed by atoms with Crippen molar-refractivity contribution in [3.63, 3.8) is 0 Å². The third kappa shape index (κ3) is 4.06. The number of fused-ring (bicyclic) bond motifs is 1. The summed E-state index contributed by atoms with van der Waals surface area (Å²) >= 11 is 0. The lowest BCUT2D eigenvalue weighted by Crippen LogP contribution is -2.44. The molecule has 1 atom stereocenters. The molecule has 0 unspecified atom stereocenters. The van der Waals surface area contributed by atoms with Crippen molar-refractivity contribution in [1.29, 1.82) is 0 Å². The van der Waals surface area contributed by atoms with Gasteiger partial charge in [0.25, 0.3) is 0 Å². The van der Waals surface area contributed by atoms with E-state index in [0.717, 1.165) is 35.6 Å². The summed E-state index contributed by atoms with van der Waals surface area (Å²) in [7, 11) is 0. The maximum absolute atomic E-state index is 11.7. The minimum absolute atomic E-state index is 0. The van der Waals surface area contributed by atoms with Gasteiger partial charge in [0, 0.05) is 32.8 Å². The van der Waals surface area contributed by atoms with Crippen molar-refractivity contribution in [2.75, 3.05) is 36.5 Å². The lowest BCUT2D eigenvalue weighted by molar-refractivity contribution is -0.118. The Labute approximate surface area is 178 Å². The summed E-state index contributed by atoms with van der Waals surface area (Å²) in [6.07, 6.45) is 0.857. The topological polar surface area (TPSA) is 99.7 Å². The van der Waals surface area contributed by atoms with Crippen LogP contribution in [0.4, 0.5) is 16.3 Å². The Morgan fingerprint density at radius 1 is 1.30 bits per heavy atom. The van der Waals surface area contributed by atoms with E-state index >= 15 is 0 Å². The fourth-order valence-electron chi connectivity index (χ4n) is 3.78. The quantitative estimate of drug-likeness (QED) is 0.729. The van der Waals surface area contributed by atoms with Crippen molar-refractivity contribution < 1.29 is 17.2 Å². The molecule has 1 aromatic heterocycles. The standard InChI is InChI=1S/C21H26N6O3.2H2/c1-3-22-21(29)23-16-6-4-15(5-7-16)19-24-18-11-26(13-28)10-17(18)20(25-19)27-8-9-30-12-14(27)2;;/h4-7,13-14H,3,8-12H2,1-2H3,(H2,22,23,29);2*1H/t14-;;/m0../s1. The van der Waals surface area contributed by atoms with Gasteiger partial charge in [0.2, 0.25) is 6.41 Å². The first-order chi connectivity index (χ1) is 14.6. The Kier molecular flexibility index (Phi) is 5.80. The van der Waals surface area contributed by atoms with Crippen LogP contribution in [0.2, 0.25) is 0 Å². The van der Waals surface area contributed by atoms with Gasteiger partial charge < -0.3 is 25.2 Å². The van der Waals surface area contributed by atoms with Gasteiger partial charge in [0.1, 0.15) is 5.82 Å². The molecule has 4 rings (SSSR count). The summed E-state index contributed by atoms with van der Waals surface area (Å²) in [5, 5.41) is 5.49. The van der Waals surface area contributed by atoms with Gasteiger partial charge in [-0.3, -0.25) is 4.79 Å². The second kappa shape index (κ2) is 8.66. The molecule has 9 nitrogen and oxygen atoms in total. The molecule has 1 aromatic carbocycles. The van der Waals surface area contributed by atoms with Gasteiger partial charge >= 0.3 is 6.03 Å². The number of carbonyl (C=O) groups excluding carboxylic acids is 2. The fraction of sp³-hybridized carbons (Fsp3) is 0.429. The van der Waals surface area contributed by atoms with Gasteiger partial charge in [-0.15, -0.1) is 0 Å². The van der Waals surface area contributed by atoms with Crippen LogP contribution < -0.4 is 15.5 Å². The number of ether oxygens (including phenoxy) is 1. The molecule has 9 heteroatoms. The highest BCUT2D eigenvalue weighted by atomic mass is 16.5. The monoisotopic (exact) mass is 414 g/mol. The van der Waals surface area contributed by atoms with Crippen molar-refractivity contribution in [1.82, 2.24) is 20.2 Å². The van der Waals surface area contributed by atoms with Gasteiger partial charge in [-0.1, -0.05) is 0 Å². The van der Waals surface area contributed by atoms with Crippen molar-refractivity contribution in [2.45, 2.75) is 33.0 Å². The minimum Gasteiger partial charge on any atom is -0.377 e. The maximum atomic E-state index is 11.7. The zero-order valence-corrected chi connectivity index (χ0v) is 17.2. The highest BCUT2D eigenvalue weighted by Crippen LogP contribution is 2.33. The summed E-state index contributed by atoms with van der Waals surface area (Å²) in [6, 6.07) is 7.40. The van der Waals surface area contributed by atoms with Gasteiger partial charge in [0.05, 0.1) is 38.0 Å². The number of hydrogen-bond acceptors (Lipinski definition) is 6. The second-order valence-corrected chi connectivity index (χ2v) is 7.49. The summed E-state index contributed by atoms with van der Waals surface area (Å²) in [5.74, 6) is 1.49. The Bertz CT molecular complexity index is 944. The average molecular weight is 415 g/mol. The highest BCUT2D eigenvalue weighted by Gasteiger charge is 2.30. The van der Waals surface area contributed by atoms with Crippen LogP contribution in [0.3, 0.4) is 0 Å². The molecule has 2 aliphatic rings. The summed E-state index contributed by atoms with van der Waals surface area (Å²) in [4.78, 5) is 36.7. The van der Waals surface area contributed by atoms with Crippen LogP contribution in [0, 0.1) is 0 Å². The Morgan fingerprint density at radius 2 is 2.10 bits per heavy atom. The van der Waals surface area contributed by atoms with Gasteiger partial charge in [-0.05, 0) is 38.1 Å². The Hall–Kier alpha value is -3.20. The zero-order chi connectivity index (χ0) is 21.1. The van der Waals surface area contributed by atoms with E-state index in [2.05, 4.69) is 22.5 Å². The first-order valence-electron chi connectivity index (χ1n) is 10.2. The third-order valence-corrected chi connectivity index (χ3v) is 5.31. The number of urea groups is 1. The molecule has 0 radical (unpaired) electrons. The molecular formula is C21H30N6O3. The zero-order valence-electron chi connectivity index (χ0n) is 17.2. The van der Waals surface area contributed by atoms with E-state index in [1.807, 2.05) is 31.2 Å². The lowest BCUT2D eigenvalue weighted by atomic mass is 10.1.